The summed E-state index contributed by atoms with van der Waals surface area (Å²) < 4.78 is 15.9. The number of anilines is 1. The van der Waals surface area contributed by atoms with Gasteiger partial charge in [0.1, 0.15) is 35.1 Å². The molecule has 0 bridgehead atoms. The molecule has 17 nitrogen and oxygen atoms in total. The summed E-state index contributed by atoms with van der Waals surface area (Å²) in [7, 11) is 1.34. The SMILES string of the molecule is COC1=C(C(=O)OCc2ccc([N+](=O)[O-])cc2)N2C(=O)C(NC(=O)C(=NOCC(=O)OC(C)(C)C)c3csc(NC=O)n3)[C@H]2SC1. The molecule has 46 heavy (non-hydrogen) atoms. The number of carbonyl (C=O) groups excluding carboxylic acids is 5. The van der Waals surface area contributed by atoms with Crippen molar-refractivity contribution in [1.82, 2.24) is 15.2 Å². The number of esters is 2. The number of benzene rings is 1. The monoisotopic (exact) mass is 676 g/mol. The van der Waals surface area contributed by atoms with Crippen LogP contribution in [-0.4, -0.2) is 87.2 Å². The largest absolute Gasteiger partial charge is 0.498 e. The lowest BCUT2D eigenvalue weighted by molar-refractivity contribution is -0.384. The second-order valence-corrected chi connectivity index (χ2v) is 12.4. The van der Waals surface area contributed by atoms with Crippen molar-refractivity contribution < 1.29 is 47.9 Å². The molecular weight excluding hydrogens is 648 g/mol. The lowest BCUT2D eigenvalue weighted by Crippen LogP contribution is -2.71. The van der Waals surface area contributed by atoms with Gasteiger partial charge in [0.2, 0.25) is 13.0 Å². The van der Waals surface area contributed by atoms with Gasteiger partial charge in [-0.3, -0.25) is 29.4 Å². The zero-order valence-corrected chi connectivity index (χ0v) is 26.5. The number of nitrogens with one attached hydrogen (secondary N) is 2. The maximum atomic E-state index is 13.4. The summed E-state index contributed by atoms with van der Waals surface area (Å²) in [4.78, 5) is 83.4. The molecule has 3 amide bonds. The topological polar surface area (TPSA) is 218 Å². The van der Waals surface area contributed by atoms with Crippen LogP contribution in [0.1, 0.15) is 32.0 Å². The van der Waals surface area contributed by atoms with Gasteiger partial charge in [0.05, 0.1) is 17.8 Å². The van der Waals surface area contributed by atoms with Gasteiger partial charge in [0, 0.05) is 17.5 Å². The van der Waals surface area contributed by atoms with Crippen LogP contribution in [0.3, 0.4) is 0 Å². The minimum Gasteiger partial charge on any atom is -0.498 e. The number of aromatic nitrogens is 1. The number of β-lactam (4-membered cyclic amide) rings is 1. The molecule has 0 spiro atoms. The Bertz CT molecular complexity index is 1600. The number of rotatable bonds is 13. The van der Waals surface area contributed by atoms with Crippen LogP contribution in [0.15, 0.2) is 46.3 Å². The Balaban J connectivity index is 1.47. The van der Waals surface area contributed by atoms with E-state index >= 15 is 0 Å². The Hall–Kier alpha value is -5.04. The highest BCUT2D eigenvalue weighted by atomic mass is 32.2. The fourth-order valence-electron chi connectivity index (χ4n) is 4.10. The summed E-state index contributed by atoms with van der Waals surface area (Å²) in [5.41, 5.74) is -0.955. The third-order valence-electron chi connectivity index (χ3n) is 6.08. The number of hydrogen-bond acceptors (Lipinski definition) is 15. The summed E-state index contributed by atoms with van der Waals surface area (Å²) >= 11 is 2.22. The number of ether oxygens (including phenoxy) is 3. The van der Waals surface area contributed by atoms with Crippen LogP contribution in [0.2, 0.25) is 0 Å². The van der Waals surface area contributed by atoms with Crippen molar-refractivity contribution in [3.8, 4) is 0 Å². The molecule has 0 saturated carbocycles. The van der Waals surface area contributed by atoms with Crippen molar-refractivity contribution in [2.24, 2.45) is 5.16 Å². The summed E-state index contributed by atoms with van der Waals surface area (Å²) in [6.45, 7) is 4.15. The highest BCUT2D eigenvalue weighted by Crippen LogP contribution is 2.41. The molecule has 0 aliphatic carbocycles. The third kappa shape index (κ3) is 7.96. The molecule has 3 heterocycles. The van der Waals surface area contributed by atoms with Crippen molar-refractivity contribution in [2.45, 2.75) is 44.4 Å². The van der Waals surface area contributed by atoms with Gasteiger partial charge >= 0.3 is 11.9 Å². The van der Waals surface area contributed by atoms with E-state index in [1.54, 1.807) is 20.8 Å². The van der Waals surface area contributed by atoms with Gasteiger partial charge in [-0.2, -0.15) is 0 Å². The molecule has 2 atom stereocenters. The van der Waals surface area contributed by atoms with Crippen LogP contribution >= 0.6 is 23.1 Å². The van der Waals surface area contributed by atoms with Crippen LogP contribution in [0.25, 0.3) is 0 Å². The van der Waals surface area contributed by atoms with E-state index < -0.39 is 52.3 Å². The minimum atomic E-state index is -1.10. The summed E-state index contributed by atoms with van der Waals surface area (Å²) in [6, 6.07) is 4.32. The highest BCUT2D eigenvalue weighted by Gasteiger charge is 2.55. The minimum absolute atomic E-state index is 0.00644. The second-order valence-electron chi connectivity index (χ2n) is 10.4. The van der Waals surface area contributed by atoms with Crippen molar-refractivity contribution >= 4 is 69.8 Å². The molecule has 1 fully saturated rings. The van der Waals surface area contributed by atoms with E-state index in [9.17, 15) is 34.1 Å². The highest BCUT2D eigenvalue weighted by molar-refractivity contribution is 8.00. The zero-order chi connectivity index (χ0) is 33.6. The number of nitro groups is 1. The molecule has 0 radical (unpaired) electrons. The normalized spacial score (nSPS) is 17.7. The number of oxime groups is 1. The number of nitrogens with zero attached hydrogens (tertiary/aromatic N) is 4. The number of carbonyl (C=O) groups is 5. The maximum Gasteiger partial charge on any atom is 0.358 e. The molecular formula is C27H28N6O11S2. The molecule has 1 aromatic heterocycles. The fraction of sp³-hybridized carbons (Fsp3) is 0.370. The van der Waals surface area contributed by atoms with E-state index in [-0.39, 0.29) is 46.0 Å². The van der Waals surface area contributed by atoms with E-state index in [0.29, 0.717) is 12.0 Å². The molecule has 2 aromatic rings. The number of thioether (sulfide) groups is 1. The van der Waals surface area contributed by atoms with Crippen molar-refractivity contribution in [3.05, 3.63) is 62.5 Å². The van der Waals surface area contributed by atoms with Gasteiger partial charge in [-0.15, -0.1) is 23.1 Å². The standard InChI is InChI=1S/C27H28N6O11S2/c1-27(2,3)44-18(35)10-43-31-19(16-11-46-26(29-16)28-13-34)22(36)30-20-23(37)32-21(17(41-4)12-45-24(20)32)25(38)42-9-14-5-7-15(8-6-14)33(39)40/h5-8,11,13,20,24H,9-10,12H2,1-4H3,(H,30,36)(H,28,29,34)/t20?,24-/m1/s1. The van der Waals surface area contributed by atoms with Crippen LogP contribution in [-0.2, 0) is 49.6 Å². The van der Waals surface area contributed by atoms with E-state index in [1.807, 2.05) is 0 Å². The zero-order valence-electron chi connectivity index (χ0n) is 24.8. The first-order chi connectivity index (χ1) is 21.8. The van der Waals surface area contributed by atoms with Gasteiger partial charge < -0.3 is 29.7 Å². The first-order valence-electron chi connectivity index (χ1n) is 13.3. The van der Waals surface area contributed by atoms with E-state index in [1.165, 1.54) is 48.5 Å². The molecule has 19 heteroatoms. The van der Waals surface area contributed by atoms with Gasteiger partial charge in [-0.25, -0.2) is 14.6 Å². The Kier molecular flexibility index (Phi) is 10.6. The Labute approximate surface area is 269 Å². The summed E-state index contributed by atoms with van der Waals surface area (Å²) in [6.07, 6.45) is 0.400. The smallest absolute Gasteiger partial charge is 0.358 e. The van der Waals surface area contributed by atoms with Gasteiger partial charge in [-0.05, 0) is 38.5 Å². The van der Waals surface area contributed by atoms with E-state index in [0.717, 1.165) is 16.2 Å². The third-order valence-corrected chi connectivity index (χ3v) is 8.11. The maximum absolute atomic E-state index is 13.4. The Morgan fingerprint density at radius 2 is 1.96 bits per heavy atom. The lowest BCUT2D eigenvalue weighted by atomic mass is 10.0. The Morgan fingerprint density at radius 1 is 1.24 bits per heavy atom. The van der Waals surface area contributed by atoms with E-state index in [4.69, 9.17) is 19.0 Å². The van der Waals surface area contributed by atoms with Gasteiger partial charge in [0.15, 0.2) is 16.5 Å². The Morgan fingerprint density at radius 3 is 2.59 bits per heavy atom. The van der Waals surface area contributed by atoms with Crippen molar-refractivity contribution in [1.29, 1.82) is 0 Å². The molecule has 2 aliphatic rings. The van der Waals surface area contributed by atoms with Gasteiger partial charge in [0.25, 0.3) is 17.5 Å². The number of methoxy groups -OCH3 is 1. The average molecular weight is 677 g/mol. The van der Waals surface area contributed by atoms with Crippen LogP contribution in [0.5, 0.6) is 0 Å². The molecule has 2 aliphatic heterocycles. The van der Waals surface area contributed by atoms with Crippen LogP contribution < -0.4 is 10.6 Å². The number of non-ortho nitro benzene ring substituents is 1. The van der Waals surface area contributed by atoms with E-state index in [2.05, 4.69) is 20.8 Å². The lowest BCUT2D eigenvalue weighted by Gasteiger charge is -2.49. The predicted molar refractivity (Wildman–Crippen MR) is 162 cm³/mol. The van der Waals surface area contributed by atoms with Crippen molar-refractivity contribution in [3.63, 3.8) is 0 Å². The van der Waals surface area contributed by atoms with Gasteiger partial charge in [-0.1, -0.05) is 5.16 Å². The summed E-state index contributed by atoms with van der Waals surface area (Å²) in [5, 5.41) is 20.4. The van der Waals surface area contributed by atoms with Crippen molar-refractivity contribution in [2.75, 3.05) is 24.8 Å². The number of hydrogen-bond donors (Lipinski definition) is 2. The molecule has 244 valence electrons. The molecule has 2 N–H and O–H groups in total. The van der Waals surface area contributed by atoms with Crippen LogP contribution in [0.4, 0.5) is 10.8 Å². The number of nitro benzene ring substituents is 1. The first-order valence-corrected chi connectivity index (χ1v) is 15.3. The van der Waals surface area contributed by atoms with Crippen LogP contribution in [0, 0.1) is 10.1 Å². The average Bonchev–Trinajstić information content (AvgIpc) is 3.47. The molecule has 1 aromatic carbocycles. The quantitative estimate of drug-likeness (QED) is 0.0772. The second kappa shape index (κ2) is 14.4. The molecule has 1 unspecified atom stereocenters. The number of fused-ring (bicyclic) bond motifs is 1. The predicted octanol–water partition coefficient (Wildman–Crippen LogP) is 1.68. The first kappa shape index (κ1) is 33.8. The number of amides is 3. The molecule has 1 saturated heterocycles. The molecule has 4 rings (SSSR count). The summed E-state index contributed by atoms with van der Waals surface area (Å²) in [5.74, 6) is -2.77. The fourth-order valence-corrected chi connectivity index (χ4v) is 6.07. The number of thiazole rings is 1.